The molecule has 0 amide bonds. The number of carbonyl (C=O) groups is 1. The van der Waals surface area contributed by atoms with Crippen LogP contribution in [0.4, 0.5) is 0 Å². The molecule has 0 aliphatic carbocycles. The molecule has 0 saturated heterocycles. The van der Waals surface area contributed by atoms with E-state index in [9.17, 15) is 4.79 Å². The van der Waals surface area contributed by atoms with E-state index in [-0.39, 0.29) is 28.5 Å². The number of aromatic nitrogens is 2. The van der Waals surface area contributed by atoms with Crippen LogP contribution in [0.25, 0.3) is 0 Å². The molecule has 1 N–H and O–H groups in total. The maximum atomic E-state index is 11.8. The molecule has 0 atom stereocenters. The second kappa shape index (κ2) is 6.61. The van der Waals surface area contributed by atoms with Crippen molar-refractivity contribution < 1.29 is 26.9 Å². The van der Waals surface area contributed by atoms with E-state index in [4.69, 9.17) is 5.11 Å². The lowest BCUT2D eigenvalue weighted by atomic mass is 10.1. The van der Waals surface area contributed by atoms with Gasteiger partial charge in [-0.05, 0) is 24.3 Å². The van der Waals surface area contributed by atoms with Crippen molar-refractivity contribution in [1.82, 2.24) is 9.55 Å². The predicted molar refractivity (Wildman–Crippen MR) is 66.4 cm³/mol. The Morgan fingerprint density at radius 1 is 1.39 bits per heavy atom. The third-order valence-electron chi connectivity index (χ3n) is 2.30. The number of aromatic hydroxyl groups is 1. The van der Waals surface area contributed by atoms with Crippen molar-refractivity contribution in [2.45, 2.75) is 5.16 Å². The topological polar surface area (TPSA) is 55.1 Å². The van der Waals surface area contributed by atoms with Crippen molar-refractivity contribution in [2.24, 2.45) is 7.05 Å². The highest BCUT2D eigenvalue weighted by Crippen LogP contribution is 2.17. The number of hydrogen-bond acceptors (Lipinski definition) is 4. The van der Waals surface area contributed by atoms with Gasteiger partial charge >= 0.3 is 0 Å². The molecular weight excluding hydrogens is 316 g/mol. The van der Waals surface area contributed by atoms with Gasteiger partial charge in [0.05, 0.1) is 5.75 Å². The van der Waals surface area contributed by atoms with Crippen LogP contribution >= 0.6 is 11.8 Å². The average Bonchev–Trinajstić information content (AvgIpc) is 2.73. The Labute approximate surface area is 120 Å². The van der Waals surface area contributed by atoms with E-state index in [2.05, 4.69) is 4.98 Å². The first-order chi connectivity index (χ1) is 8.16. The number of benzene rings is 1. The highest BCUT2D eigenvalue weighted by Gasteiger charge is 2.08. The van der Waals surface area contributed by atoms with Crippen LogP contribution in [-0.4, -0.2) is 26.2 Å². The van der Waals surface area contributed by atoms with Gasteiger partial charge in [-0.15, -0.1) is 0 Å². The van der Waals surface area contributed by atoms with Crippen LogP contribution in [0, 0.1) is 0 Å². The molecule has 2 aromatic rings. The minimum atomic E-state index is 0. The number of hydrogen-bond donors (Lipinski definition) is 1. The van der Waals surface area contributed by atoms with Crippen LogP contribution in [0.3, 0.4) is 0 Å². The largest absolute Gasteiger partial charge is 1.00 e. The third-order valence-corrected chi connectivity index (χ3v) is 3.36. The molecule has 1 heterocycles. The summed E-state index contributed by atoms with van der Waals surface area (Å²) in [4.78, 5) is 16.0. The van der Waals surface area contributed by atoms with E-state index >= 15 is 0 Å². The zero-order chi connectivity index (χ0) is 12.3. The van der Waals surface area contributed by atoms with E-state index < -0.39 is 0 Å². The second-order valence-corrected chi connectivity index (χ2v) is 4.52. The molecule has 0 radical (unpaired) electrons. The summed E-state index contributed by atoms with van der Waals surface area (Å²) < 4.78 is 1.87. The van der Waals surface area contributed by atoms with Crippen molar-refractivity contribution in [3.63, 3.8) is 0 Å². The molecule has 0 saturated carbocycles. The second-order valence-electron chi connectivity index (χ2n) is 3.58. The quantitative estimate of drug-likeness (QED) is 0.584. The molecule has 0 fully saturated rings. The van der Waals surface area contributed by atoms with Crippen molar-refractivity contribution >= 4 is 17.5 Å². The summed E-state index contributed by atoms with van der Waals surface area (Å²) in [6.45, 7) is 0. The summed E-state index contributed by atoms with van der Waals surface area (Å²) in [7, 11) is 1.89. The summed E-state index contributed by atoms with van der Waals surface area (Å²) in [6.07, 6.45) is 3.54. The lowest BCUT2D eigenvalue weighted by Crippen LogP contribution is -3.00. The first-order valence-electron chi connectivity index (χ1n) is 5.09. The highest BCUT2D eigenvalue weighted by atomic mass is 79.9. The molecule has 18 heavy (non-hydrogen) atoms. The van der Waals surface area contributed by atoms with E-state index in [1.54, 1.807) is 18.3 Å². The van der Waals surface area contributed by atoms with Crippen molar-refractivity contribution in [3.8, 4) is 5.75 Å². The number of aryl methyl sites for hydroxylation is 1. The Kier molecular flexibility index (Phi) is 5.43. The Hall–Kier alpha value is -1.27. The lowest BCUT2D eigenvalue weighted by molar-refractivity contribution is -0.0000124. The number of phenolic OH excluding ortho intramolecular Hbond substituents is 1. The number of halogens is 1. The molecule has 0 bridgehead atoms. The zero-order valence-corrected chi connectivity index (χ0v) is 12.1. The predicted octanol–water partition coefficient (Wildman–Crippen LogP) is -0.895. The van der Waals surface area contributed by atoms with Crippen molar-refractivity contribution in [1.29, 1.82) is 0 Å². The highest BCUT2D eigenvalue weighted by molar-refractivity contribution is 7.99. The molecular formula is C12H12BrN2O2S-. The van der Waals surface area contributed by atoms with Crippen LogP contribution in [-0.2, 0) is 7.05 Å². The van der Waals surface area contributed by atoms with Gasteiger partial charge in [-0.2, -0.15) is 0 Å². The summed E-state index contributed by atoms with van der Waals surface area (Å²) in [5.74, 6) is 0.534. The average molecular weight is 328 g/mol. The molecule has 1 aromatic heterocycles. The molecule has 1 aromatic carbocycles. The van der Waals surface area contributed by atoms with Crippen LogP contribution in [0.15, 0.2) is 41.8 Å². The van der Waals surface area contributed by atoms with Crippen LogP contribution < -0.4 is 17.0 Å². The number of imidazole rings is 1. The van der Waals surface area contributed by atoms with E-state index in [1.807, 2.05) is 17.8 Å². The van der Waals surface area contributed by atoms with Crippen LogP contribution in [0.5, 0.6) is 5.75 Å². The third kappa shape index (κ3) is 3.61. The summed E-state index contributed by atoms with van der Waals surface area (Å²) in [5, 5.41) is 9.94. The SMILES string of the molecule is Cn1ccnc1SCC(=O)c1ccc(O)cc1.[Br-]. The van der Waals surface area contributed by atoms with E-state index in [1.165, 1.54) is 23.9 Å². The van der Waals surface area contributed by atoms with E-state index in [0.29, 0.717) is 11.3 Å². The fourth-order valence-electron chi connectivity index (χ4n) is 1.35. The van der Waals surface area contributed by atoms with Gasteiger partial charge in [0.15, 0.2) is 10.9 Å². The number of rotatable bonds is 4. The van der Waals surface area contributed by atoms with Gasteiger partial charge < -0.3 is 26.7 Å². The Morgan fingerprint density at radius 2 is 2.06 bits per heavy atom. The van der Waals surface area contributed by atoms with Crippen molar-refractivity contribution in [3.05, 3.63) is 42.2 Å². The smallest absolute Gasteiger partial charge is 0.173 e. The van der Waals surface area contributed by atoms with Crippen molar-refractivity contribution in [2.75, 3.05) is 5.75 Å². The normalized spacial score (nSPS) is 9.83. The van der Waals surface area contributed by atoms with E-state index in [0.717, 1.165) is 5.16 Å². The van der Waals surface area contributed by atoms with Gasteiger partial charge in [0.25, 0.3) is 0 Å². The van der Waals surface area contributed by atoms with Crippen LogP contribution in [0.2, 0.25) is 0 Å². The first kappa shape index (κ1) is 14.8. The van der Waals surface area contributed by atoms with Gasteiger partial charge in [-0.25, -0.2) is 4.98 Å². The number of ketones is 1. The molecule has 0 aliphatic heterocycles. The van der Waals surface area contributed by atoms with Gasteiger partial charge in [0.2, 0.25) is 0 Å². The fraction of sp³-hybridized carbons (Fsp3) is 0.167. The monoisotopic (exact) mass is 327 g/mol. The molecule has 96 valence electrons. The summed E-state index contributed by atoms with van der Waals surface area (Å²) in [6, 6.07) is 6.27. The van der Waals surface area contributed by atoms with Crippen LogP contribution in [0.1, 0.15) is 10.4 Å². The molecule has 0 unspecified atom stereocenters. The van der Waals surface area contributed by atoms with Gasteiger partial charge in [0.1, 0.15) is 5.75 Å². The summed E-state index contributed by atoms with van der Waals surface area (Å²) >= 11 is 1.40. The maximum absolute atomic E-state index is 11.8. The summed E-state index contributed by atoms with van der Waals surface area (Å²) in [5.41, 5.74) is 0.601. The fourth-order valence-corrected chi connectivity index (χ4v) is 2.18. The Balaban J connectivity index is 0.00000162. The standard InChI is InChI=1S/C12H12N2O2S.BrH/c1-14-7-6-13-12(14)17-8-11(16)9-2-4-10(15)5-3-9;/h2-7,15H,8H2,1H3;1H/p-1. The number of phenols is 1. The number of Topliss-reactive ketones (excluding diaryl/α,β-unsaturated/α-hetero) is 1. The first-order valence-corrected chi connectivity index (χ1v) is 6.08. The van der Waals surface area contributed by atoms with Gasteiger partial charge in [-0.3, -0.25) is 4.79 Å². The minimum Gasteiger partial charge on any atom is -1.00 e. The maximum Gasteiger partial charge on any atom is 0.173 e. The zero-order valence-electron chi connectivity index (χ0n) is 9.71. The molecule has 2 rings (SSSR count). The number of carbonyl (C=O) groups excluding carboxylic acids is 1. The van der Waals surface area contributed by atoms with Gasteiger partial charge in [0, 0.05) is 25.0 Å². The number of nitrogens with zero attached hydrogens (tertiary/aromatic N) is 2. The molecule has 6 heteroatoms. The Morgan fingerprint density at radius 3 is 2.61 bits per heavy atom. The molecule has 0 aliphatic rings. The minimum absolute atomic E-state index is 0. The molecule has 4 nitrogen and oxygen atoms in total. The Bertz CT molecular complexity index is 525. The number of thioether (sulfide) groups is 1. The molecule has 0 spiro atoms. The van der Waals surface area contributed by atoms with Gasteiger partial charge in [-0.1, -0.05) is 11.8 Å². The lowest BCUT2D eigenvalue weighted by Gasteiger charge is -2.02.